The molecule has 0 saturated heterocycles. The molecule has 118 valence electrons. The molecule has 0 aliphatic rings. The van der Waals surface area contributed by atoms with E-state index in [1.165, 1.54) is 32.2 Å². The number of benzene rings is 1. The van der Waals surface area contributed by atoms with Crippen molar-refractivity contribution in [3.8, 4) is 0 Å². The first-order chi connectivity index (χ1) is 10.3. The van der Waals surface area contributed by atoms with Crippen LogP contribution in [0, 0.1) is 0 Å². The van der Waals surface area contributed by atoms with Crippen molar-refractivity contribution in [1.29, 1.82) is 0 Å². The van der Waals surface area contributed by atoms with Crippen LogP contribution in [0.25, 0.3) is 0 Å². The summed E-state index contributed by atoms with van der Waals surface area (Å²) in [7, 11) is 1.41. The van der Waals surface area contributed by atoms with Crippen LogP contribution in [0.2, 0.25) is 10.0 Å². The molecule has 22 heavy (non-hydrogen) atoms. The summed E-state index contributed by atoms with van der Waals surface area (Å²) < 4.78 is 4.91. The predicted molar refractivity (Wildman–Crippen MR) is 86.2 cm³/mol. The van der Waals surface area contributed by atoms with Crippen LogP contribution in [-0.2, 0) is 9.53 Å². The van der Waals surface area contributed by atoms with Crippen molar-refractivity contribution < 1.29 is 14.3 Å². The van der Waals surface area contributed by atoms with Crippen molar-refractivity contribution in [1.82, 2.24) is 0 Å². The number of rotatable bonds is 5. The highest BCUT2D eigenvalue weighted by Crippen LogP contribution is 2.21. The lowest BCUT2D eigenvalue weighted by Gasteiger charge is -2.09. The van der Waals surface area contributed by atoms with E-state index in [4.69, 9.17) is 39.4 Å². The lowest BCUT2D eigenvalue weighted by molar-refractivity contribution is -0.137. The Kier molecular flexibility index (Phi) is 6.39. The molecule has 0 atom stereocenters. The maximum Gasteiger partial charge on any atom is 0.344 e. The summed E-state index contributed by atoms with van der Waals surface area (Å²) in [6.45, 7) is 0.973. The van der Waals surface area contributed by atoms with Gasteiger partial charge in [0.25, 0.3) is 0 Å². The summed E-state index contributed by atoms with van der Waals surface area (Å²) >= 11 is 11.7. The molecule has 6 nitrogen and oxygen atoms in total. The van der Waals surface area contributed by atoms with Gasteiger partial charge in [0.05, 0.1) is 5.02 Å². The minimum atomic E-state index is -0.832. The maximum atomic E-state index is 12.0. The van der Waals surface area contributed by atoms with Gasteiger partial charge >= 0.3 is 5.97 Å². The van der Waals surface area contributed by atoms with Crippen LogP contribution >= 0.6 is 23.2 Å². The van der Waals surface area contributed by atoms with Gasteiger partial charge in [0.1, 0.15) is 11.4 Å². The minimum Gasteiger partial charge on any atom is -0.454 e. The first-order valence-corrected chi connectivity index (χ1v) is 6.87. The maximum absolute atomic E-state index is 12.0. The van der Waals surface area contributed by atoms with Gasteiger partial charge in [-0.2, -0.15) is 0 Å². The predicted octanol–water partition coefficient (Wildman–Crippen LogP) is 1.94. The molecule has 0 aliphatic heterocycles. The molecule has 1 aromatic rings. The zero-order chi connectivity index (χ0) is 16.9. The number of nitrogens with zero attached hydrogens (tertiary/aromatic N) is 1. The van der Waals surface area contributed by atoms with E-state index in [-0.39, 0.29) is 27.7 Å². The van der Waals surface area contributed by atoms with Gasteiger partial charge in [-0.15, -0.1) is 0 Å². The second-order valence-electron chi connectivity index (χ2n) is 4.29. The molecular weight excluding hydrogens is 329 g/mol. The first-order valence-electron chi connectivity index (χ1n) is 6.12. The molecular formula is C14H15Cl2N3O3. The highest BCUT2D eigenvalue weighted by molar-refractivity contribution is 6.36. The Labute approximate surface area is 137 Å². The molecule has 1 rings (SSSR count). The van der Waals surface area contributed by atoms with Crippen molar-refractivity contribution >= 4 is 40.8 Å². The second-order valence-corrected chi connectivity index (χ2v) is 5.13. The van der Waals surface area contributed by atoms with Gasteiger partial charge in [0.15, 0.2) is 6.61 Å². The van der Waals surface area contributed by atoms with Crippen LogP contribution in [0.5, 0.6) is 0 Å². The minimum absolute atomic E-state index is 0.0676. The third-order valence-corrected chi connectivity index (χ3v) is 3.21. The fourth-order valence-electron chi connectivity index (χ4n) is 1.58. The van der Waals surface area contributed by atoms with Gasteiger partial charge in [-0.1, -0.05) is 23.2 Å². The summed E-state index contributed by atoms with van der Waals surface area (Å²) in [4.78, 5) is 27.6. The Morgan fingerprint density at radius 3 is 2.41 bits per heavy atom. The number of ether oxygens (including phenoxy) is 1. The number of ketones is 1. The number of nitrogens with two attached hydrogens (primary N) is 2. The molecule has 1 aromatic carbocycles. The third-order valence-electron chi connectivity index (χ3n) is 2.66. The van der Waals surface area contributed by atoms with Crippen molar-refractivity contribution in [2.75, 3.05) is 13.7 Å². The third kappa shape index (κ3) is 4.47. The van der Waals surface area contributed by atoms with Gasteiger partial charge in [0, 0.05) is 23.3 Å². The van der Waals surface area contributed by atoms with E-state index < -0.39 is 18.4 Å². The van der Waals surface area contributed by atoms with Gasteiger partial charge in [-0.05, 0) is 25.1 Å². The van der Waals surface area contributed by atoms with Crippen molar-refractivity contribution in [2.45, 2.75) is 6.92 Å². The average Bonchev–Trinajstić information content (AvgIpc) is 2.44. The van der Waals surface area contributed by atoms with E-state index >= 15 is 0 Å². The Morgan fingerprint density at radius 2 is 1.91 bits per heavy atom. The average molecular weight is 344 g/mol. The highest BCUT2D eigenvalue weighted by atomic mass is 35.5. The molecule has 4 N–H and O–H groups in total. The normalized spacial score (nSPS) is 12.6. The summed E-state index contributed by atoms with van der Waals surface area (Å²) in [5.74, 6) is -1.38. The number of aliphatic imine (C=N–C) groups is 1. The van der Waals surface area contributed by atoms with E-state index in [2.05, 4.69) is 4.99 Å². The highest BCUT2D eigenvalue weighted by Gasteiger charge is 2.20. The van der Waals surface area contributed by atoms with E-state index in [1.807, 2.05) is 0 Å². The smallest absolute Gasteiger partial charge is 0.344 e. The summed E-state index contributed by atoms with van der Waals surface area (Å²) in [5.41, 5.74) is 11.4. The van der Waals surface area contributed by atoms with Gasteiger partial charge < -0.3 is 16.2 Å². The Bertz CT molecular complexity index is 665. The SMILES string of the molecule is CN=C(N)C(C(=O)OCC(=O)c1ccc(Cl)cc1Cl)=C(C)N. The van der Waals surface area contributed by atoms with Crippen LogP contribution in [0.4, 0.5) is 0 Å². The van der Waals surface area contributed by atoms with Crippen molar-refractivity contribution in [3.63, 3.8) is 0 Å². The molecule has 8 heteroatoms. The number of hydrogen-bond donors (Lipinski definition) is 2. The first kappa shape index (κ1) is 18.0. The Hall–Kier alpha value is -2.05. The summed E-state index contributed by atoms with van der Waals surface area (Å²) in [6.07, 6.45) is 0. The second kappa shape index (κ2) is 7.82. The quantitative estimate of drug-likeness (QED) is 0.279. The molecule has 0 aliphatic carbocycles. The number of halogens is 2. The number of hydrogen-bond acceptors (Lipinski definition) is 5. The van der Waals surface area contributed by atoms with Crippen molar-refractivity contribution in [3.05, 3.63) is 45.1 Å². The summed E-state index contributed by atoms with van der Waals surface area (Å²) in [5, 5.41) is 0.573. The van der Waals surface area contributed by atoms with Crippen LogP contribution in [0.3, 0.4) is 0 Å². The van der Waals surface area contributed by atoms with E-state index in [0.29, 0.717) is 5.02 Å². The number of amidine groups is 1. The molecule has 0 spiro atoms. The molecule has 0 unspecified atom stereocenters. The van der Waals surface area contributed by atoms with E-state index in [0.717, 1.165) is 0 Å². The van der Waals surface area contributed by atoms with Crippen LogP contribution in [-0.4, -0.2) is 31.2 Å². The molecule has 0 saturated carbocycles. The van der Waals surface area contributed by atoms with Crippen LogP contribution < -0.4 is 11.5 Å². The zero-order valence-electron chi connectivity index (χ0n) is 12.0. The molecule has 0 fully saturated rings. The largest absolute Gasteiger partial charge is 0.454 e. The monoisotopic (exact) mass is 343 g/mol. The molecule has 0 radical (unpaired) electrons. The molecule has 0 bridgehead atoms. The number of allylic oxidation sites excluding steroid dienone is 1. The number of esters is 1. The standard InChI is InChI=1S/C14H15Cl2N3O3/c1-7(17)12(13(18)19-2)14(21)22-6-11(20)9-4-3-8(15)5-10(9)16/h3-5H,6,17H2,1-2H3,(H2,18,19). The number of Topliss-reactive ketones (excluding diaryl/α,β-unsaturated/α-hetero) is 1. The van der Waals surface area contributed by atoms with E-state index in [1.54, 1.807) is 0 Å². The molecule has 0 heterocycles. The summed E-state index contributed by atoms with van der Waals surface area (Å²) in [6, 6.07) is 4.39. The van der Waals surface area contributed by atoms with Crippen LogP contribution in [0.15, 0.2) is 34.5 Å². The van der Waals surface area contributed by atoms with Crippen LogP contribution in [0.1, 0.15) is 17.3 Å². The topological polar surface area (TPSA) is 108 Å². The van der Waals surface area contributed by atoms with Gasteiger partial charge in [-0.3, -0.25) is 9.79 Å². The molecule has 0 aromatic heterocycles. The van der Waals surface area contributed by atoms with E-state index in [9.17, 15) is 9.59 Å². The fourth-order valence-corrected chi connectivity index (χ4v) is 2.09. The number of carbonyl (C=O) groups is 2. The zero-order valence-corrected chi connectivity index (χ0v) is 13.5. The Morgan fingerprint density at radius 1 is 1.27 bits per heavy atom. The fraction of sp³-hybridized carbons (Fsp3) is 0.214. The lowest BCUT2D eigenvalue weighted by Crippen LogP contribution is -2.27. The Balaban J connectivity index is 2.83. The van der Waals surface area contributed by atoms with Crippen molar-refractivity contribution in [2.24, 2.45) is 16.5 Å². The number of carbonyl (C=O) groups excluding carboxylic acids is 2. The lowest BCUT2D eigenvalue weighted by atomic mass is 10.1. The molecule has 0 amide bonds. The van der Waals surface area contributed by atoms with Gasteiger partial charge in [0.2, 0.25) is 5.78 Å². The van der Waals surface area contributed by atoms with Gasteiger partial charge in [-0.25, -0.2) is 4.79 Å².